The van der Waals surface area contributed by atoms with Gasteiger partial charge in [0.05, 0.1) is 18.8 Å². The van der Waals surface area contributed by atoms with Gasteiger partial charge in [0.25, 0.3) is 0 Å². The first-order valence-corrected chi connectivity index (χ1v) is 6.22. The number of benzene rings is 1. The number of likely N-dealkylation sites (N-methyl/N-ethyl adjacent to an activating group) is 1. The minimum Gasteiger partial charge on any atom is -0.389 e. The molecule has 0 aliphatic heterocycles. The van der Waals surface area contributed by atoms with Gasteiger partial charge in [0.1, 0.15) is 5.82 Å². The Morgan fingerprint density at radius 1 is 1.33 bits per heavy atom. The van der Waals surface area contributed by atoms with Gasteiger partial charge in [-0.3, -0.25) is 0 Å². The summed E-state index contributed by atoms with van der Waals surface area (Å²) in [6.07, 6.45) is -0.493. The van der Waals surface area contributed by atoms with Gasteiger partial charge < -0.3 is 14.7 Å². The highest BCUT2D eigenvalue weighted by molar-refractivity contribution is 5.54. The number of aliphatic hydroxyl groups excluding tert-OH is 1. The zero-order valence-corrected chi connectivity index (χ0v) is 11.5. The topological polar surface area (TPSA) is 32.7 Å². The smallest absolute Gasteiger partial charge is 0.123 e. The molecule has 0 saturated carbocycles. The molecule has 0 bridgehead atoms. The Kier molecular flexibility index (Phi) is 5.56. The molecule has 0 aliphatic carbocycles. The quantitative estimate of drug-likeness (QED) is 0.848. The first-order valence-electron chi connectivity index (χ1n) is 6.22. The van der Waals surface area contributed by atoms with E-state index in [4.69, 9.17) is 4.74 Å². The van der Waals surface area contributed by atoms with Gasteiger partial charge in [0, 0.05) is 24.8 Å². The van der Waals surface area contributed by atoms with Crippen molar-refractivity contribution in [1.82, 2.24) is 0 Å². The van der Waals surface area contributed by atoms with E-state index in [1.165, 1.54) is 12.1 Å². The van der Waals surface area contributed by atoms with Crippen molar-refractivity contribution in [3.63, 3.8) is 0 Å². The summed E-state index contributed by atoms with van der Waals surface area (Å²) in [6, 6.07) is 4.47. The maximum atomic E-state index is 13.2. The molecule has 1 aromatic carbocycles. The van der Waals surface area contributed by atoms with Gasteiger partial charge in [-0.1, -0.05) is 0 Å². The van der Waals surface area contributed by atoms with Gasteiger partial charge in [-0.2, -0.15) is 0 Å². The Balaban J connectivity index is 2.75. The number of anilines is 1. The van der Waals surface area contributed by atoms with Crippen LogP contribution in [0.25, 0.3) is 0 Å². The Morgan fingerprint density at radius 3 is 2.56 bits per heavy atom. The lowest BCUT2D eigenvalue weighted by Gasteiger charge is -2.24. The third kappa shape index (κ3) is 4.27. The number of halogens is 1. The van der Waals surface area contributed by atoms with Crippen LogP contribution in [-0.4, -0.2) is 31.4 Å². The zero-order valence-electron chi connectivity index (χ0n) is 11.5. The van der Waals surface area contributed by atoms with E-state index in [0.29, 0.717) is 18.7 Å². The van der Waals surface area contributed by atoms with Gasteiger partial charge >= 0.3 is 0 Å². The van der Waals surface area contributed by atoms with Crippen molar-refractivity contribution in [2.24, 2.45) is 0 Å². The summed E-state index contributed by atoms with van der Waals surface area (Å²) in [7, 11) is 1.91. The van der Waals surface area contributed by atoms with E-state index in [2.05, 4.69) is 0 Å². The second-order valence-electron chi connectivity index (χ2n) is 4.72. The van der Waals surface area contributed by atoms with Gasteiger partial charge in [0.15, 0.2) is 0 Å². The lowest BCUT2D eigenvalue weighted by atomic mass is 10.1. The summed E-state index contributed by atoms with van der Waals surface area (Å²) in [5.74, 6) is -0.332. The first-order chi connectivity index (χ1) is 8.41. The molecule has 102 valence electrons. The molecule has 0 heterocycles. The summed E-state index contributed by atoms with van der Waals surface area (Å²) < 4.78 is 18.7. The third-order valence-corrected chi connectivity index (χ3v) is 2.73. The number of ether oxygens (including phenoxy) is 1. The highest BCUT2D eigenvalue weighted by Crippen LogP contribution is 2.26. The average molecular weight is 255 g/mol. The molecular formula is C14H22FNO2. The zero-order chi connectivity index (χ0) is 13.7. The van der Waals surface area contributed by atoms with Crippen molar-refractivity contribution in [1.29, 1.82) is 0 Å². The van der Waals surface area contributed by atoms with Crippen LogP contribution in [-0.2, 0) is 4.74 Å². The molecule has 0 aliphatic rings. The minimum absolute atomic E-state index is 0.197. The molecule has 1 atom stereocenters. The summed E-state index contributed by atoms with van der Waals surface area (Å²) in [6.45, 7) is 6.91. The number of nitrogens with zero attached hydrogens (tertiary/aromatic N) is 1. The Hall–Kier alpha value is -1.13. The number of hydrogen-bond acceptors (Lipinski definition) is 3. The molecule has 0 amide bonds. The second kappa shape index (κ2) is 6.71. The lowest BCUT2D eigenvalue weighted by Crippen LogP contribution is -2.25. The summed E-state index contributed by atoms with van der Waals surface area (Å²) in [5.41, 5.74) is 1.43. The predicted molar refractivity (Wildman–Crippen MR) is 71.4 cm³/mol. The molecule has 0 aromatic heterocycles. The van der Waals surface area contributed by atoms with E-state index in [0.717, 1.165) is 5.69 Å². The fraction of sp³-hybridized carbons (Fsp3) is 0.571. The Bertz CT molecular complexity index is 380. The second-order valence-corrected chi connectivity index (χ2v) is 4.72. The van der Waals surface area contributed by atoms with Crippen molar-refractivity contribution in [3.05, 3.63) is 29.6 Å². The molecule has 1 N–H and O–H groups in total. The minimum atomic E-state index is -0.691. The molecule has 1 unspecified atom stereocenters. The van der Waals surface area contributed by atoms with Gasteiger partial charge in [-0.15, -0.1) is 0 Å². The standard InChI is InChI=1S/C14H22FNO2/c1-10(2)18-8-7-16(4)14-6-5-12(15)9-13(14)11(3)17/h5-6,9-11,17H,7-8H2,1-4H3. The molecule has 0 fully saturated rings. The van der Waals surface area contributed by atoms with E-state index >= 15 is 0 Å². The Labute approximate surface area is 108 Å². The van der Waals surface area contributed by atoms with Crippen molar-refractivity contribution < 1.29 is 14.2 Å². The highest BCUT2D eigenvalue weighted by atomic mass is 19.1. The van der Waals surface area contributed by atoms with Gasteiger partial charge in [0.2, 0.25) is 0 Å². The summed E-state index contributed by atoms with van der Waals surface area (Å²) >= 11 is 0. The molecule has 0 spiro atoms. The fourth-order valence-electron chi connectivity index (χ4n) is 1.75. The van der Waals surface area contributed by atoms with Crippen molar-refractivity contribution in [2.45, 2.75) is 33.0 Å². The van der Waals surface area contributed by atoms with Crippen LogP contribution < -0.4 is 4.90 Å². The van der Waals surface area contributed by atoms with Crippen LogP contribution in [0.1, 0.15) is 32.4 Å². The largest absolute Gasteiger partial charge is 0.389 e. The molecule has 4 heteroatoms. The van der Waals surface area contributed by atoms with Crippen LogP contribution in [0.2, 0.25) is 0 Å². The van der Waals surface area contributed by atoms with Gasteiger partial charge in [-0.25, -0.2) is 4.39 Å². The SMILES string of the molecule is CC(C)OCCN(C)c1ccc(F)cc1C(C)O. The van der Waals surface area contributed by atoms with E-state index in [-0.39, 0.29) is 11.9 Å². The lowest BCUT2D eigenvalue weighted by molar-refractivity contribution is 0.0845. The van der Waals surface area contributed by atoms with Crippen LogP contribution in [0.4, 0.5) is 10.1 Å². The normalized spacial score (nSPS) is 12.8. The maximum absolute atomic E-state index is 13.2. The maximum Gasteiger partial charge on any atom is 0.123 e. The molecule has 0 radical (unpaired) electrons. The molecule has 0 saturated heterocycles. The van der Waals surface area contributed by atoms with Crippen LogP contribution in [0, 0.1) is 5.82 Å². The Morgan fingerprint density at radius 2 is 2.00 bits per heavy atom. The van der Waals surface area contributed by atoms with Crippen LogP contribution in [0.3, 0.4) is 0 Å². The van der Waals surface area contributed by atoms with Crippen molar-refractivity contribution in [2.75, 3.05) is 25.1 Å². The highest BCUT2D eigenvalue weighted by Gasteiger charge is 2.12. The van der Waals surface area contributed by atoms with E-state index < -0.39 is 6.10 Å². The summed E-state index contributed by atoms with van der Waals surface area (Å²) in [5, 5.41) is 9.67. The van der Waals surface area contributed by atoms with Crippen molar-refractivity contribution in [3.8, 4) is 0 Å². The molecule has 3 nitrogen and oxygen atoms in total. The van der Waals surface area contributed by atoms with Crippen molar-refractivity contribution >= 4 is 5.69 Å². The fourth-order valence-corrected chi connectivity index (χ4v) is 1.75. The third-order valence-electron chi connectivity index (χ3n) is 2.73. The molecule has 1 rings (SSSR count). The van der Waals surface area contributed by atoms with Crippen LogP contribution in [0.15, 0.2) is 18.2 Å². The number of hydrogen-bond donors (Lipinski definition) is 1. The van der Waals surface area contributed by atoms with Crippen LogP contribution in [0.5, 0.6) is 0 Å². The predicted octanol–water partition coefficient (Wildman–Crippen LogP) is 2.74. The average Bonchev–Trinajstić information content (AvgIpc) is 2.28. The van der Waals surface area contributed by atoms with Gasteiger partial charge in [-0.05, 0) is 39.0 Å². The summed E-state index contributed by atoms with van der Waals surface area (Å²) in [4.78, 5) is 1.96. The molecular weight excluding hydrogens is 233 g/mol. The van der Waals surface area contributed by atoms with E-state index in [9.17, 15) is 9.50 Å². The monoisotopic (exact) mass is 255 g/mol. The van der Waals surface area contributed by atoms with E-state index in [1.54, 1.807) is 13.0 Å². The van der Waals surface area contributed by atoms with E-state index in [1.807, 2.05) is 25.8 Å². The first kappa shape index (κ1) is 14.9. The molecule has 18 heavy (non-hydrogen) atoms. The number of rotatable bonds is 6. The van der Waals surface area contributed by atoms with Crippen LogP contribution >= 0.6 is 0 Å². The molecule has 1 aromatic rings. The number of aliphatic hydroxyl groups is 1.